The Hall–Kier alpha value is -6.42. The van der Waals surface area contributed by atoms with Crippen LogP contribution in [0.25, 0.3) is 0 Å². The summed E-state index contributed by atoms with van der Waals surface area (Å²) in [6.07, 6.45) is 10.5. The number of hydrogen-bond acceptors (Lipinski definition) is 17. The number of phenolic OH excluding ortho intramolecular Hbond substituents is 1. The van der Waals surface area contributed by atoms with Gasteiger partial charge in [0.2, 0.25) is 0 Å². The second-order valence-electron chi connectivity index (χ2n) is 34.2. The predicted molar refractivity (Wildman–Crippen MR) is 392 cm³/mol. The number of phenols is 1. The molecule has 11 aliphatic rings. The molecule has 11 fully saturated rings. The van der Waals surface area contributed by atoms with E-state index in [2.05, 4.69) is 105 Å². The lowest BCUT2D eigenvalue weighted by molar-refractivity contribution is -0.233. The van der Waals surface area contributed by atoms with Gasteiger partial charge in [-0.1, -0.05) is 89.2 Å². The largest absolute Gasteiger partial charge is 0.743 e. The number of ether oxygens (including phenoxy) is 7. The summed E-state index contributed by atoms with van der Waals surface area (Å²) < 4.78 is 99.2. The monoisotopic (exact) mass is 1490 g/mol. The first kappa shape index (κ1) is 81.1. The minimum absolute atomic E-state index is 0.0146. The van der Waals surface area contributed by atoms with E-state index in [0.717, 1.165) is 68.1 Å². The molecule has 0 aromatic heterocycles. The summed E-state index contributed by atoms with van der Waals surface area (Å²) in [6.45, 7) is 27.8. The van der Waals surface area contributed by atoms with Gasteiger partial charge in [-0.2, -0.15) is 8.78 Å². The number of hydrogen-bond donors (Lipinski definition) is 1. The van der Waals surface area contributed by atoms with Crippen molar-refractivity contribution in [2.45, 2.75) is 268 Å². The molecule has 576 valence electrons. The summed E-state index contributed by atoms with van der Waals surface area (Å²) in [6, 6.07) is 38.3. The van der Waals surface area contributed by atoms with Gasteiger partial charge in [0.1, 0.15) is 28.8 Å². The molecule has 15 unspecified atom stereocenters. The minimum Gasteiger partial charge on any atom is -0.743 e. The lowest BCUT2D eigenvalue weighted by Gasteiger charge is -2.62. The van der Waals surface area contributed by atoms with Crippen LogP contribution in [0.2, 0.25) is 0 Å². The first-order chi connectivity index (χ1) is 49.2. The summed E-state index contributed by atoms with van der Waals surface area (Å²) in [5, 5.41) is 4.35. The van der Waals surface area contributed by atoms with Crippen molar-refractivity contribution in [1.82, 2.24) is 0 Å². The molecule has 4 aromatic carbocycles. The normalized spacial score (nSPS) is 31.4. The fourth-order valence-corrected chi connectivity index (χ4v) is 20.8. The van der Waals surface area contributed by atoms with Crippen molar-refractivity contribution in [2.24, 2.45) is 86.3 Å². The van der Waals surface area contributed by atoms with Crippen molar-refractivity contribution in [3.63, 3.8) is 0 Å². The van der Waals surface area contributed by atoms with Crippen molar-refractivity contribution in [1.29, 1.82) is 0 Å². The fraction of sp³-hybridized carbons (Fsp3) is 0.643. The Bertz CT molecular complexity index is 3740. The van der Waals surface area contributed by atoms with Gasteiger partial charge in [-0.25, -0.2) is 8.42 Å². The zero-order valence-electron chi connectivity index (χ0n) is 64.0. The number of carbonyl (C=O) groups excluding carboxylic acids is 6. The van der Waals surface area contributed by atoms with Gasteiger partial charge in [0.05, 0.1) is 50.0 Å². The van der Waals surface area contributed by atoms with Crippen molar-refractivity contribution in [3.05, 3.63) is 115 Å². The topological polar surface area (TPSA) is 244 Å². The van der Waals surface area contributed by atoms with Crippen molar-refractivity contribution < 1.29 is 88.8 Å². The van der Waals surface area contributed by atoms with Crippen LogP contribution in [0.3, 0.4) is 0 Å². The van der Waals surface area contributed by atoms with Crippen LogP contribution in [0.4, 0.5) is 8.78 Å². The zero-order valence-corrected chi connectivity index (χ0v) is 65.6. The lowest BCUT2D eigenvalue weighted by atomic mass is 9.45. The van der Waals surface area contributed by atoms with Gasteiger partial charge in [-0.3, -0.25) is 28.8 Å². The van der Waals surface area contributed by atoms with E-state index >= 15 is 0 Å². The molecular formula is C84H112F2O17S2. The maximum atomic E-state index is 13.8. The summed E-state index contributed by atoms with van der Waals surface area (Å²) in [5.41, 5.74) is -3.86. The van der Waals surface area contributed by atoms with Crippen molar-refractivity contribution in [2.75, 3.05) is 0 Å². The van der Waals surface area contributed by atoms with E-state index in [9.17, 15) is 50.5 Å². The minimum atomic E-state index is -5.97. The highest BCUT2D eigenvalue weighted by Crippen LogP contribution is 2.71. The molecule has 15 atom stereocenters. The molecule has 4 aromatic rings. The molecule has 8 saturated carbocycles. The standard InChI is InChI=1S/C21H32F2O7S.C20H32O2.C18H15S.C13H18O5.C12H16O3/c1-6-18(3,4)16(24)30-19(5)14-7-13-8-15(19)11-20(9-13,10-14)17(25)29-12(2)21(22,23)31(26,27)28;1-5-19(3,4)18(21)22-20(6-2)11-14-10-15(20)17-13-8-7-12(9-13)16(14)17;1-4-10-16(11-5-1)19(17-12-6-2-7-13-17)18-14-8-3-9-15-18;1-4-13(2,3)12(15)18-9-7-5-6-8(16-7)10(9)17-11(6)14;1-4-12(2,3)11(14)15-10-7-5-9(13)6-8-10/h12-15H,6-11H2,1-5H3,(H,26,27,28);12-17H,5-11H2,1-4H3;1-15H;6-10H,4-5H2,1-3H3;5-8,13H,4H2,1-3H3/q;;+1;;/p-1. The fourth-order valence-electron chi connectivity index (χ4n) is 18.2. The average Bonchev–Trinajstić information content (AvgIpc) is 1.57. The highest BCUT2D eigenvalue weighted by molar-refractivity contribution is 7.97. The highest BCUT2D eigenvalue weighted by Gasteiger charge is 2.70. The molecule has 0 amide bonds. The zero-order chi connectivity index (χ0) is 76.8. The van der Waals surface area contributed by atoms with Gasteiger partial charge in [-0.15, -0.1) is 0 Å². The van der Waals surface area contributed by atoms with Crippen LogP contribution < -0.4 is 4.74 Å². The Morgan fingerprint density at radius 2 is 1.09 bits per heavy atom. The second-order valence-corrected chi connectivity index (χ2v) is 37.7. The lowest BCUT2D eigenvalue weighted by Crippen LogP contribution is -2.64. The number of rotatable bonds is 20. The number of esters is 6. The first-order valence-corrected chi connectivity index (χ1v) is 40.9. The van der Waals surface area contributed by atoms with Gasteiger partial charge in [-0.05, 0) is 268 Å². The first-order valence-electron chi connectivity index (χ1n) is 38.2. The van der Waals surface area contributed by atoms with E-state index in [-0.39, 0.29) is 93.4 Å². The molecular weight excluding hydrogens is 1380 g/mol. The van der Waals surface area contributed by atoms with Crippen LogP contribution in [-0.2, 0) is 78.2 Å². The SMILES string of the molecule is CCC(C)(C)C(=O)OC1(C)C2CC3CC1CC(C(=O)OC(C)C(F)(F)S(=O)(=O)[O-])(C3)C2.CCC(C)(C)C(=O)OC1(CC)CC2CC1C1C3CCC(C3)C21.CCC(C)(C)C(=O)OC1C2CC3C(=O)OC1C3O2.CCC(C)(C)C(=O)Oc1ccc(O)cc1.c1ccc([S+](c2ccccc2)c2ccccc2)cc1. The number of fused-ring (bicyclic) bond motifs is 10. The molecule has 1 N–H and O–H groups in total. The molecule has 21 heteroatoms. The van der Waals surface area contributed by atoms with Crippen molar-refractivity contribution >= 4 is 56.8 Å². The van der Waals surface area contributed by atoms with Gasteiger partial charge in [0, 0.05) is 17.8 Å². The van der Waals surface area contributed by atoms with E-state index in [4.69, 9.17) is 38.3 Å². The Labute approximate surface area is 623 Å². The maximum Gasteiger partial charge on any atom is 0.369 e. The van der Waals surface area contributed by atoms with E-state index in [0.29, 0.717) is 57.1 Å². The second kappa shape index (κ2) is 31.3. The summed E-state index contributed by atoms with van der Waals surface area (Å²) in [4.78, 5) is 77.8. The molecule has 3 saturated heterocycles. The Morgan fingerprint density at radius 1 is 0.610 bits per heavy atom. The van der Waals surface area contributed by atoms with Gasteiger partial charge >= 0.3 is 41.1 Å². The van der Waals surface area contributed by atoms with E-state index in [1.54, 1.807) is 12.1 Å². The van der Waals surface area contributed by atoms with Crippen LogP contribution in [0.1, 0.15) is 207 Å². The predicted octanol–water partition coefficient (Wildman–Crippen LogP) is 17.0. The molecule has 3 aliphatic heterocycles. The quantitative estimate of drug-likeness (QED) is 0.0216. The molecule has 10 bridgehead atoms. The third-order valence-corrected chi connectivity index (χ3v) is 29.4. The number of aromatic hydroxyl groups is 1. The maximum absolute atomic E-state index is 13.8. The van der Waals surface area contributed by atoms with Crippen LogP contribution in [-0.4, -0.2) is 101 Å². The highest BCUT2D eigenvalue weighted by atomic mass is 32.2. The van der Waals surface area contributed by atoms with Crippen LogP contribution in [0.5, 0.6) is 11.5 Å². The van der Waals surface area contributed by atoms with E-state index in [1.165, 1.54) is 52.5 Å². The number of benzene rings is 4. The van der Waals surface area contributed by atoms with Gasteiger partial charge < -0.3 is 42.8 Å². The number of halogens is 2. The van der Waals surface area contributed by atoms with Crippen LogP contribution in [0.15, 0.2) is 130 Å². The van der Waals surface area contributed by atoms with Crippen LogP contribution >= 0.6 is 0 Å². The molecule has 17 nitrogen and oxygen atoms in total. The summed E-state index contributed by atoms with van der Waals surface area (Å²) >= 11 is 0. The third kappa shape index (κ3) is 16.5. The molecule has 15 rings (SSSR count). The van der Waals surface area contributed by atoms with Gasteiger partial charge in [0.25, 0.3) is 0 Å². The third-order valence-electron chi connectivity index (χ3n) is 26.2. The van der Waals surface area contributed by atoms with Crippen molar-refractivity contribution in [3.8, 4) is 11.5 Å². The molecule has 8 aliphatic carbocycles. The molecule has 3 heterocycles. The van der Waals surface area contributed by atoms with Gasteiger partial charge in [0.15, 0.2) is 43.1 Å². The average molecular weight is 1500 g/mol. The molecule has 0 spiro atoms. The van der Waals surface area contributed by atoms with E-state index in [1.807, 2.05) is 83.1 Å². The smallest absolute Gasteiger partial charge is 0.369 e. The number of alkyl halides is 2. The Kier molecular flexibility index (Phi) is 24.2. The Morgan fingerprint density at radius 3 is 1.57 bits per heavy atom. The van der Waals surface area contributed by atoms with E-state index < -0.39 is 66.9 Å². The van der Waals surface area contributed by atoms with Crippen LogP contribution in [0, 0.1) is 86.3 Å². The molecule has 0 radical (unpaired) electrons. The molecule has 105 heavy (non-hydrogen) atoms. The summed E-state index contributed by atoms with van der Waals surface area (Å²) in [5.74, 6) is 3.90. The number of carbonyl (C=O) groups is 6. The summed E-state index contributed by atoms with van der Waals surface area (Å²) in [7, 11) is -5.98. The Balaban J connectivity index is 0.000000144.